The summed E-state index contributed by atoms with van der Waals surface area (Å²) in [7, 11) is -2.55. The van der Waals surface area contributed by atoms with E-state index in [0.29, 0.717) is 31.0 Å². The van der Waals surface area contributed by atoms with Crippen LogP contribution in [0.15, 0.2) is 47.1 Å². The molecule has 1 N–H and O–H groups in total. The maximum absolute atomic E-state index is 15.0. The Labute approximate surface area is 213 Å². The number of carbonyl (C=O) groups is 1. The molecule has 37 heavy (non-hydrogen) atoms. The van der Waals surface area contributed by atoms with Crippen molar-refractivity contribution in [2.45, 2.75) is 75.5 Å². The molecule has 0 heterocycles. The van der Waals surface area contributed by atoms with Crippen LogP contribution in [-0.2, 0) is 9.36 Å². The molecule has 1 aromatic carbocycles. The van der Waals surface area contributed by atoms with Crippen molar-refractivity contribution in [1.29, 1.82) is 0 Å². The number of benzene rings is 1. The summed E-state index contributed by atoms with van der Waals surface area (Å²) in [5, 5.41) is 12.0. The molecule has 0 aromatic heterocycles. The van der Waals surface area contributed by atoms with Gasteiger partial charge in [-0.05, 0) is 86.5 Å². The van der Waals surface area contributed by atoms with Gasteiger partial charge < -0.3 is 9.67 Å². The molecule has 0 bridgehead atoms. The summed E-state index contributed by atoms with van der Waals surface area (Å²) in [6, 6.07) is 7.05. The normalized spacial score (nSPS) is 34.6. The second kappa shape index (κ2) is 8.35. The van der Waals surface area contributed by atoms with Crippen molar-refractivity contribution in [3.63, 3.8) is 0 Å². The lowest BCUT2D eigenvalue weighted by Crippen LogP contribution is -2.65. The molecule has 0 saturated heterocycles. The molecule has 1 aromatic rings. The Morgan fingerprint density at radius 2 is 1.65 bits per heavy atom. The fraction of sp³-hybridized carbons (Fsp3) is 0.607. The maximum Gasteiger partial charge on any atom is 0.456 e. The van der Waals surface area contributed by atoms with Gasteiger partial charge >= 0.3 is 12.1 Å². The summed E-state index contributed by atoms with van der Waals surface area (Å²) >= 11 is 0. The number of ketones is 1. The van der Waals surface area contributed by atoms with E-state index in [1.165, 1.54) is 6.92 Å². The van der Waals surface area contributed by atoms with Gasteiger partial charge in [0.2, 0.25) is 0 Å². The standard InChI is InChI=1S/C28H32F5O3P/c1-25-15-22(16-4-8-19(9-5-16)37(2,3)36)24-20-11-7-18(34)14-17(20)6-10-21(24)23(25)12-13-26(25,35)27(29,30)28(31,32)33/h4-5,8-9,14,21-23,35H,6-7,10-13,15H2,1-3H3/t21-,22+,23-,25-,26-/m0/s1. The lowest BCUT2D eigenvalue weighted by Gasteiger charge is -2.56. The van der Waals surface area contributed by atoms with Gasteiger partial charge in [0.15, 0.2) is 5.78 Å². The molecule has 0 unspecified atom stereocenters. The molecule has 0 amide bonds. The molecule has 2 fully saturated rings. The third kappa shape index (κ3) is 3.83. The van der Waals surface area contributed by atoms with Crippen molar-refractivity contribution in [1.82, 2.24) is 0 Å². The molecule has 0 spiro atoms. The van der Waals surface area contributed by atoms with Crippen LogP contribution in [0.25, 0.3) is 0 Å². The van der Waals surface area contributed by atoms with Crippen LogP contribution in [0.3, 0.4) is 0 Å². The van der Waals surface area contributed by atoms with Crippen LogP contribution in [0, 0.1) is 17.3 Å². The van der Waals surface area contributed by atoms with Gasteiger partial charge in [0.1, 0.15) is 12.7 Å². The molecule has 9 heteroatoms. The maximum atomic E-state index is 15.0. The minimum atomic E-state index is -5.87. The van der Waals surface area contributed by atoms with E-state index < -0.39 is 48.5 Å². The third-order valence-electron chi connectivity index (χ3n) is 9.68. The Morgan fingerprint density at radius 1 is 1.00 bits per heavy atom. The van der Waals surface area contributed by atoms with Crippen LogP contribution in [0.4, 0.5) is 22.0 Å². The average Bonchev–Trinajstić information content (AvgIpc) is 3.09. The number of hydrogen-bond acceptors (Lipinski definition) is 3. The smallest absolute Gasteiger partial charge is 0.383 e. The average molecular weight is 543 g/mol. The van der Waals surface area contributed by atoms with Crippen molar-refractivity contribution in [3.8, 4) is 0 Å². The summed E-state index contributed by atoms with van der Waals surface area (Å²) in [6.07, 6.45) is -2.85. The largest absolute Gasteiger partial charge is 0.456 e. The first-order chi connectivity index (χ1) is 17.0. The first kappa shape index (κ1) is 26.8. The number of rotatable bonds is 3. The number of carbonyl (C=O) groups excluding carboxylic acids is 1. The molecule has 2 saturated carbocycles. The van der Waals surface area contributed by atoms with E-state index in [2.05, 4.69) is 0 Å². The number of hydrogen-bond donors (Lipinski definition) is 1. The highest BCUT2D eigenvalue weighted by Gasteiger charge is 2.79. The van der Waals surface area contributed by atoms with Gasteiger partial charge in [-0.3, -0.25) is 4.79 Å². The van der Waals surface area contributed by atoms with E-state index in [1.54, 1.807) is 43.7 Å². The van der Waals surface area contributed by atoms with E-state index in [4.69, 9.17) is 0 Å². The quantitative estimate of drug-likeness (QED) is 0.339. The summed E-state index contributed by atoms with van der Waals surface area (Å²) in [4.78, 5) is 12.1. The van der Waals surface area contributed by atoms with Gasteiger partial charge in [-0.1, -0.05) is 36.8 Å². The van der Waals surface area contributed by atoms with Crippen molar-refractivity contribution in [3.05, 3.63) is 52.6 Å². The van der Waals surface area contributed by atoms with Crippen LogP contribution >= 0.6 is 7.14 Å². The number of fused-ring (bicyclic) bond motifs is 4. The van der Waals surface area contributed by atoms with Gasteiger partial charge in [-0.2, -0.15) is 22.0 Å². The van der Waals surface area contributed by atoms with Crippen molar-refractivity contribution in [2.75, 3.05) is 13.3 Å². The molecule has 0 aliphatic heterocycles. The first-order valence-electron chi connectivity index (χ1n) is 12.8. The van der Waals surface area contributed by atoms with Crippen molar-refractivity contribution < 1.29 is 36.4 Å². The molecule has 4 aliphatic carbocycles. The topological polar surface area (TPSA) is 54.4 Å². The zero-order chi connectivity index (χ0) is 27.2. The second-order valence-corrected chi connectivity index (χ2v) is 15.1. The highest BCUT2D eigenvalue weighted by Crippen LogP contribution is 2.70. The fourth-order valence-electron chi connectivity index (χ4n) is 7.78. The number of halogens is 5. The Hall–Kier alpha value is -1.79. The van der Waals surface area contributed by atoms with Crippen LogP contribution in [0.1, 0.15) is 63.4 Å². The lowest BCUT2D eigenvalue weighted by molar-refractivity contribution is -0.362. The Kier molecular flexibility index (Phi) is 6.05. The van der Waals surface area contributed by atoms with Gasteiger partial charge in [0, 0.05) is 23.1 Å². The van der Waals surface area contributed by atoms with Gasteiger partial charge in [0.05, 0.1) is 0 Å². The molecular weight excluding hydrogens is 510 g/mol. The predicted octanol–water partition coefficient (Wildman–Crippen LogP) is 6.76. The minimum absolute atomic E-state index is 0.0426. The van der Waals surface area contributed by atoms with Gasteiger partial charge in [0.25, 0.3) is 0 Å². The summed E-state index contributed by atoms with van der Waals surface area (Å²) in [5.74, 6) is -6.49. The molecule has 0 radical (unpaired) electrons. The number of aliphatic hydroxyl groups is 1. The van der Waals surface area contributed by atoms with Crippen LogP contribution in [0.5, 0.6) is 0 Å². The van der Waals surface area contributed by atoms with E-state index in [-0.39, 0.29) is 24.5 Å². The van der Waals surface area contributed by atoms with E-state index in [1.807, 2.05) is 0 Å². The number of allylic oxidation sites excluding steroid dienone is 4. The Bertz CT molecular complexity index is 1240. The molecule has 4 aliphatic rings. The second-order valence-electron chi connectivity index (χ2n) is 11.9. The highest BCUT2D eigenvalue weighted by molar-refractivity contribution is 7.70. The first-order valence-corrected chi connectivity index (χ1v) is 15.4. The van der Waals surface area contributed by atoms with Crippen molar-refractivity contribution >= 4 is 18.2 Å². The molecule has 202 valence electrons. The van der Waals surface area contributed by atoms with Crippen molar-refractivity contribution in [2.24, 2.45) is 17.3 Å². The molecular formula is C28H32F5O3P. The SMILES string of the molecule is C[C@]12C[C@H](c3ccc(P(C)(C)=O)cc3)C3=C4CCC(=O)C=C4CC[C@H]3[C@@H]1CC[C@@]2(O)C(F)(F)C(F)(F)F. The van der Waals surface area contributed by atoms with Crippen LogP contribution < -0.4 is 5.30 Å². The highest BCUT2D eigenvalue weighted by atomic mass is 31.2. The molecule has 5 rings (SSSR count). The predicted molar refractivity (Wildman–Crippen MR) is 132 cm³/mol. The summed E-state index contributed by atoms with van der Waals surface area (Å²) in [5.41, 5.74) is -1.17. The summed E-state index contributed by atoms with van der Waals surface area (Å²) < 4.78 is 83.5. The molecule has 3 nitrogen and oxygen atoms in total. The van der Waals surface area contributed by atoms with E-state index in [9.17, 15) is 27.6 Å². The van der Waals surface area contributed by atoms with E-state index in [0.717, 1.165) is 22.3 Å². The van der Waals surface area contributed by atoms with Gasteiger partial charge in [-0.15, -0.1) is 0 Å². The monoisotopic (exact) mass is 542 g/mol. The minimum Gasteiger partial charge on any atom is -0.383 e. The number of alkyl halides is 5. The molecule has 5 atom stereocenters. The fourth-order valence-corrected chi connectivity index (χ4v) is 8.65. The zero-order valence-corrected chi connectivity index (χ0v) is 22.1. The zero-order valence-electron chi connectivity index (χ0n) is 21.2. The van der Waals surface area contributed by atoms with Crippen LogP contribution in [-0.4, -0.2) is 41.9 Å². The Morgan fingerprint density at radius 3 is 2.24 bits per heavy atom. The van der Waals surface area contributed by atoms with Crippen LogP contribution in [0.2, 0.25) is 0 Å². The van der Waals surface area contributed by atoms with Gasteiger partial charge in [-0.25, -0.2) is 0 Å². The lowest BCUT2D eigenvalue weighted by atomic mass is 9.50. The summed E-state index contributed by atoms with van der Waals surface area (Å²) in [6.45, 7) is 4.70. The third-order valence-corrected chi connectivity index (χ3v) is 11.2. The Balaban J connectivity index is 1.69. The van der Waals surface area contributed by atoms with E-state index >= 15 is 8.78 Å².